The summed E-state index contributed by atoms with van der Waals surface area (Å²) in [5, 5.41) is 13.1. The number of aryl methyl sites for hydroxylation is 1. The number of rotatable bonds is 6. The van der Waals surface area contributed by atoms with Gasteiger partial charge in [0.05, 0.1) is 6.54 Å². The number of nitrogens with zero attached hydrogens (tertiary/aromatic N) is 3. The number of aliphatic hydroxyl groups excluding tert-OH is 1. The number of imidazole rings is 1. The van der Waals surface area contributed by atoms with Crippen LogP contribution in [-0.4, -0.2) is 36.3 Å². The molecule has 8 nitrogen and oxygen atoms in total. The van der Waals surface area contributed by atoms with Gasteiger partial charge in [-0.1, -0.05) is 55.1 Å². The molecule has 1 atom stereocenters. The number of hydrogen-bond donors (Lipinski definition) is 2. The van der Waals surface area contributed by atoms with Crippen molar-refractivity contribution in [3.63, 3.8) is 0 Å². The summed E-state index contributed by atoms with van der Waals surface area (Å²) >= 11 is 1.42. The van der Waals surface area contributed by atoms with Gasteiger partial charge in [-0.15, -0.1) is 0 Å². The van der Waals surface area contributed by atoms with Gasteiger partial charge in [0.25, 0.3) is 5.56 Å². The molecule has 0 aliphatic rings. The number of thioether (sulfide) groups is 1. The predicted molar refractivity (Wildman–Crippen MR) is 113 cm³/mol. The third-order valence-corrected chi connectivity index (χ3v) is 5.46. The van der Waals surface area contributed by atoms with E-state index in [4.69, 9.17) is 4.74 Å². The lowest BCUT2D eigenvalue weighted by Crippen LogP contribution is -2.30. The maximum Gasteiger partial charge on any atom is 0.329 e. The molecule has 0 unspecified atom stereocenters. The summed E-state index contributed by atoms with van der Waals surface area (Å²) in [5.41, 5.74) is -0.584. The average Bonchev–Trinajstić information content (AvgIpc) is 3.05. The summed E-state index contributed by atoms with van der Waals surface area (Å²) in [5.74, 6) is 1.26. The van der Waals surface area contributed by atoms with E-state index in [0.717, 1.165) is 16.5 Å². The number of hydrogen-bond acceptors (Lipinski definition) is 6. The van der Waals surface area contributed by atoms with Crippen molar-refractivity contribution >= 4 is 33.7 Å². The van der Waals surface area contributed by atoms with E-state index in [9.17, 15) is 14.7 Å². The quantitative estimate of drug-likeness (QED) is 0.371. The average molecular weight is 412 g/mol. The standard InChI is InChI=1S/C20H20N4O4S/c1-3-29-20-21-17-16(18(26)22-19(27)23(17)2)24(20)11-15(25)28-14-10-6-8-12-7-4-5-9-13(12)14/h4-10,15,25H,3,11H2,1-2H3,(H,22,26,27)/t15-/m0/s1. The highest BCUT2D eigenvalue weighted by Gasteiger charge is 2.20. The number of nitrogens with one attached hydrogen (secondary N) is 1. The first-order valence-corrected chi connectivity index (χ1v) is 10.1. The maximum atomic E-state index is 12.4. The van der Waals surface area contributed by atoms with Crippen LogP contribution in [0.1, 0.15) is 6.92 Å². The van der Waals surface area contributed by atoms with Crippen molar-refractivity contribution < 1.29 is 9.84 Å². The van der Waals surface area contributed by atoms with E-state index in [1.807, 2.05) is 43.3 Å². The van der Waals surface area contributed by atoms with Crippen LogP contribution >= 0.6 is 11.8 Å². The summed E-state index contributed by atoms with van der Waals surface area (Å²) in [6.07, 6.45) is -1.22. The number of fused-ring (bicyclic) bond motifs is 2. The van der Waals surface area contributed by atoms with Crippen LogP contribution in [0.3, 0.4) is 0 Å². The van der Waals surface area contributed by atoms with Gasteiger partial charge < -0.3 is 14.4 Å². The Labute approximate surface area is 169 Å². The maximum absolute atomic E-state index is 12.4. The van der Waals surface area contributed by atoms with Gasteiger partial charge in [-0.2, -0.15) is 0 Å². The minimum atomic E-state index is -1.22. The molecule has 4 rings (SSSR count). The zero-order valence-corrected chi connectivity index (χ0v) is 16.8. The molecular formula is C20H20N4O4S. The second-order valence-corrected chi connectivity index (χ2v) is 7.71. The molecule has 0 amide bonds. The van der Waals surface area contributed by atoms with E-state index in [1.165, 1.54) is 16.3 Å². The molecule has 0 saturated heterocycles. The van der Waals surface area contributed by atoms with Crippen molar-refractivity contribution in [3.8, 4) is 5.75 Å². The molecule has 0 aliphatic heterocycles. The second kappa shape index (κ2) is 7.76. The van der Waals surface area contributed by atoms with Crippen LogP contribution < -0.4 is 16.0 Å². The molecule has 2 heterocycles. The third-order valence-electron chi connectivity index (χ3n) is 4.60. The lowest BCUT2D eigenvalue weighted by molar-refractivity contribution is -0.0291. The Kier molecular flexibility index (Phi) is 5.16. The molecule has 29 heavy (non-hydrogen) atoms. The lowest BCUT2D eigenvalue weighted by Gasteiger charge is -2.17. The zero-order chi connectivity index (χ0) is 20.5. The first-order valence-electron chi connectivity index (χ1n) is 9.14. The molecule has 0 spiro atoms. The molecular weight excluding hydrogens is 392 g/mol. The molecule has 150 valence electrons. The minimum absolute atomic E-state index is 0.0106. The Bertz CT molecular complexity index is 1300. The van der Waals surface area contributed by atoms with Crippen molar-refractivity contribution in [1.29, 1.82) is 0 Å². The largest absolute Gasteiger partial charge is 0.463 e. The predicted octanol–water partition coefficient (Wildman–Crippen LogP) is 2.09. The molecule has 0 bridgehead atoms. The SMILES string of the molecule is CCSc1nc2c(c(=O)[nH]c(=O)n2C)n1C[C@@H](O)Oc1cccc2ccccc12. The fourth-order valence-electron chi connectivity index (χ4n) is 3.26. The van der Waals surface area contributed by atoms with E-state index >= 15 is 0 Å². The summed E-state index contributed by atoms with van der Waals surface area (Å²) < 4.78 is 8.67. The third kappa shape index (κ3) is 3.54. The Morgan fingerprint density at radius 2 is 1.97 bits per heavy atom. The summed E-state index contributed by atoms with van der Waals surface area (Å²) in [4.78, 5) is 31.1. The number of aliphatic hydroxyl groups is 1. The van der Waals surface area contributed by atoms with Gasteiger partial charge in [-0.05, 0) is 17.2 Å². The van der Waals surface area contributed by atoms with E-state index in [-0.39, 0.29) is 17.7 Å². The smallest absolute Gasteiger partial charge is 0.329 e. The van der Waals surface area contributed by atoms with Gasteiger partial charge in [-0.3, -0.25) is 14.3 Å². The van der Waals surface area contributed by atoms with Crippen LogP contribution in [0.25, 0.3) is 21.9 Å². The Morgan fingerprint density at radius 3 is 2.76 bits per heavy atom. The van der Waals surface area contributed by atoms with Crippen LogP contribution in [0.15, 0.2) is 57.2 Å². The molecule has 0 aliphatic carbocycles. The van der Waals surface area contributed by atoms with E-state index in [1.54, 1.807) is 17.7 Å². The van der Waals surface area contributed by atoms with Crippen molar-refractivity contribution in [2.45, 2.75) is 24.9 Å². The molecule has 0 radical (unpaired) electrons. The Morgan fingerprint density at radius 1 is 1.21 bits per heavy atom. The van der Waals surface area contributed by atoms with Gasteiger partial charge in [0.2, 0.25) is 6.29 Å². The molecule has 9 heteroatoms. The number of ether oxygens (including phenoxy) is 1. The highest BCUT2D eigenvalue weighted by Crippen LogP contribution is 2.27. The van der Waals surface area contributed by atoms with Gasteiger partial charge >= 0.3 is 5.69 Å². The first-order chi connectivity index (χ1) is 14.0. The lowest BCUT2D eigenvalue weighted by atomic mass is 10.1. The van der Waals surface area contributed by atoms with Gasteiger partial charge in [0.15, 0.2) is 16.3 Å². The van der Waals surface area contributed by atoms with Gasteiger partial charge in [0, 0.05) is 12.4 Å². The summed E-state index contributed by atoms with van der Waals surface area (Å²) in [6, 6.07) is 13.3. The fraction of sp³-hybridized carbons (Fsp3) is 0.250. The highest BCUT2D eigenvalue weighted by atomic mass is 32.2. The molecule has 2 aromatic carbocycles. The van der Waals surface area contributed by atoms with Crippen molar-refractivity contribution in [2.24, 2.45) is 7.05 Å². The number of benzene rings is 2. The summed E-state index contributed by atoms with van der Waals surface area (Å²) in [6.45, 7) is 1.95. The van der Waals surface area contributed by atoms with Crippen molar-refractivity contribution in [2.75, 3.05) is 5.75 Å². The van der Waals surface area contributed by atoms with E-state index in [0.29, 0.717) is 10.9 Å². The molecule has 4 aromatic rings. The monoisotopic (exact) mass is 412 g/mol. The van der Waals surface area contributed by atoms with Crippen LogP contribution in [0.2, 0.25) is 0 Å². The minimum Gasteiger partial charge on any atom is -0.463 e. The topological polar surface area (TPSA) is 102 Å². The van der Waals surface area contributed by atoms with Crippen LogP contribution in [0.5, 0.6) is 5.75 Å². The zero-order valence-electron chi connectivity index (χ0n) is 16.0. The Hall–Kier alpha value is -3.04. The number of H-pyrrole nitrogens is 1. The van der Waals surface area contributed by atoms with E-state index in [2.05, 4.69) is 9.97 Å². The Balaban J connectivity index is 1.73. The normalized spacial score (nSPS) is 12.5. The van der Waals surface area contributed by atoms with Crippen LogP contribution in [-0.2, 0) is 13.6 Å². The number of aromatic nitrogens is 4. The van der Waals surface area contributed by atoms with Crippen LogP contribution in [0, 0.1) is 0 Å². The molecule has 0 fully saturated rings. The second-order valence-electron chi connectivity index (χ2n) is 6.48. The number of aromatic amines is 1. The molecule has 2 aromatic heterocycles. The fourth-order valence-corrected chi connectivity index (χ4v) is 3.99. The van der Waals surface area contributed by atoms with Crippen molar-refractivity contribution in [3.05, 3.63) is 63.3 Å². The first kappa shape index (κ1) is 19.3. The van der Waals surface area contributed by atoms with Crippen LogP contribution in [0.4, 0.5) is 0 Å². The summed E-state index contributed by atoms with van der Waals surface area (Å²) in [7, 11) is 1.54. The molecule has 0 saturated carbocycles. The molecule has 2 N–H and O–H groups in total. The van der Waals surface area contributed by atoms with Crippen molar-refractivity contribution in [1.82, 2.24) is 19.1 Å². The van der Waals surface area contributed by atoms with E-state index < -0.39 is 17.5 Å². The van der Waals surface area contributed by atoms with Gasteiger partial charge in [0.1, 0.15) is 5.75 Å². The van der Waals surface area contributed by atoms with Gasteiger partial charge in [-0.25, -0.2) is 9.78 Å². The highest BCUT2D eigenvalue weighted by molar-refractivity contribution is 7.99.